The molecule has 1 unspecified atom stereocenters. The Kier molecular flexibility index (Phi) is 8.44. The molecule has 42 heavy (non-hydrogen) atoms. The zero-order valence-electron chi connectivity index (χ0n) is 22.5. The molecule has 3 aromatic carbocycles. The van der Waals surface area contributed by atoms with Crippen LogP contribution >= 0.6 is 0 Å². The normalized spacial score (nSPS) is 12.8. The molecule has 10 nitrogen and oxygen atoms in total. The quantitative estimate of drug-likeness (QED) is 0.175. The van der Waals surface area contributed by atoms with Gasteiger partial charge in [-0.25, -0.2) is 23.1 Å². The molecule has 0 fully saturated rings. The molecule has 0 aliphatic carbocycles. The summed E-state index contributed by atoms with van der Waals surface area (Å²) >= 11 is 0. The summed E-state index contributed by atoms with van der Waals surface area (Å²) in [5.74, 6) is -0.537. The number of methoxy groups -OCH3 is 1. The Morgan fingerprint density at radius 3 is 2.43 bits per heavy atom. The van der Waals surface area contributed by atoms with Crippen molar-refractivity contribution < 1.29 is 28.2 Å². The third kappa shape index (κ3) is 6.91. The standard InChI is InChI=1S/C30H26F2N6O4/c1-41-25-10-5-22(6-11-25)29(39)13-4-21-2-8-26(9-3-21)42-16-24-15-37(36-35-24)17-30(40,18-38-20-33-19-34-38)27-12-7-23(31)14-28(27)32/h2-15,19-20,40H,16-18H2,1H3. The number of hydrogen-bond acceptors (Lipinski definition) is 8. The number of benzene rings is 3. The van der Waals surface area contributed by atoms with Crippen molar-refractivity contribution in [2.45, 2.75) is 25.3 Å². The molecule has 1 atom stereocenters. The number of ketones is 1. The summed E-state index contributed by atoms with van der Waals surface area (Å²) in [5, 5.41) is 23.6. The van der Waals surface area contributed by atoms with Crippen molar-refractivity contribution in [3.8, 4) is 11.5 Å². The van der Waals surface area contributed by atoms with E-state index in [1.54, 1.807) is 55.8 Å². The van der Waals surface area contributed by atoms with E-state index in [2.05, 4.69) is 20.4 Å². The van der Waals surface area contributed by atoms with E-state index in [4.69, 9.17) is 9.47 Å². The molecule has 5 aromatic rings. The lowest BCUT2D eigenvalue weighted by molar-refractivity contribution is -0.00892. The monoisotopic (exact) mass is 572 g/mol. The number of hydrogen-bond donors (Lipinski definition) is 1. The van der Waals surface area contributed by atoms with Crippen LogP contribution in [0.15, 0.2) is 91.7 Å². The second-order valence-corrected chi connectivity index (χ2v) is 9.44. The third-order valence-electron chi connectivity index (χ3n) is 6.40. The van der Waals surface area contributed by atoms with Gasteiger partial charge in [-0.15, -0.1) is 5.10 Å². The molecule has 0 amide bonds. The van der Waals surface area contributed by atoms with E-state index < -0.39 is 17.2 Å². The van der Waals surface area contributed by atoms with Crippen LogP contribution in [0.1, 0.15) is 27.2 Å². The number of rotatable bonds is 12. The van der Waals surface area contributed by atoms with E-state index in [0.717, 1.165) is 11.6 Å². The molecule has 0 saturated heterocycles. The maximum Gasteiger partial charge on any atom is 0.185 e. The summed E-state index contributed by atoms with van der Waals surface area (Å²) in [7, 11) is 1.57. The van der Waals surface area contributed by atoms with E-state index in [-0.39, 0.29) is 31.0 Å². The lowest BCUT2D eigenvalue weighted by Crippen LogP contribution is -2.37. The maximum atomic E-state index is 14.7. The van der Waals surface area contributed by atoms with Gasteiger partial charge in [-0.1, -0.05) is 29.5 Å². The van der Waals surface area contributed by atoms with Gasteiger partial charge in [0.2, 0.25) is 0 Å². The number of halogens is 2. The molecule has 12 heteroatoms. The highest BCUT2D eigenvalue weighted by atomic mass is 19.1. The number of aromatic nitrogens is 6. The number of carbonyl (C=O) groups is 1. The molecule has 214 valence electrons. The summed E-state index contributed by atoms with van der Waals surface area (Å²) in [5.41, 5.74) is -0.121. The minimum absolute atomic E-state index is 0.0809. The molecule has 0 aliphatic heterocycles. The van der Waals surface area contributed by atoms with Crippen LogP contribution in [0, 0.1) is 11.6 Å². The van der Waals surface area contributed by atoms with E-state index in [0.29, 0.717) is 28.8 Å². The second-order valence-electron chi connectivity index (χ2n) is 9.44. The van der Waals surface area contributed by atoms with Crippen LogP contribution in [-0.2, 0) is 25.3 Å². The highest BCUT2D eigenvalue weighted by Crippen LogP contribution is 2.28. The predicted molar refractivity (Wildman–Crippen MR) is 147 cm³/mol. The first-order chi connectivity index (χ1) is 20.3. The molecule has 0 bridgehead atoms. The number of aliphatic hydroxyl groups is 1. The van der Waals surface area contributed by atoms with Crippen LogP contribution in [0.2, 0.25) is 0 Å². The summed E-state index contributed by atoms with van der Waals surface area (Å²) in [6.45, 7) is -0.274. The van der Waals surface area contributed by atoms with Gasteiger partial charge in [0.05, 0.1) is 26.4 Å². The smallest absolute Gasteiger partial charge is 0.185 e. The number of allylic oxidation sites excluding steroid dienone is 1. The summed E-state index contributed by atoms with van der Waals surface area (Å²) in [4.78, 5) is 16.3. The molecule has 2 aromatic heterocycles. The molecule has 2 heterocycles. The van der Waals surface area contributed by atoms with Gasteiger partial charge in [0.1, 0.15) is 53.7 Å². The Labute approximate surface area is 239 Å². The van der Waals surface area contributed by atoms with Crippen molar-refractivity contribution in [1.29, 1.82) is 0 Å². The molecule has 1 N–H and O–H groups in total. The molecular formula is C30H26F2N6O4. The average Bonchev–Trinajstić information content (AvgIpc) is 3.67. The second kappa shape index (κ2) is 12.5. The highest BCUT2D eigenvalue weighted by molar-refractivity contribution is 6.06. The highest BCUT2D eigenvalue weighted by Gasteiger charge is 2.34. The zero-order chi connectivity index (χ0) is 29.5. The van der Waals surface area contributed by atoms with E-state index in [9.17, 15) is 18.7 Å². The molecule has 0 spiro atoms. The largest absolute Gasteiger partial charge is 0.497 e. The van der Waals surface area contributed by atoms with Crippen molar-refractivity contribution in [3.63, 3.8) is 0 Å². The van der Waals surface area contributed by atoms with Crippen LogP contribution in [-0.4, -0.2) is 47.8 Å². The van der Waals surface area contributed by atoms with Gasteiger partial charge in [0, 0.05) is 17.2 Å². The van der Waals surface area contributed by atoms with Crippen molar-refractivity contribution in [2.75, 3.05) is 7.11 Å². The Hall–Kier alpha value is -5.23. The van der Waals surface area contributed by atoms with Gasteiger partial charge in [-0.05, 0) is 54.1 Å². The van der Waals surface area contributed by atoms with Crippen molar-refractivity contribution in [2.24, 2.45) is 0 Å². The molecular weight excluding hydrogens is 546 g/mol. The number of carbonyl (C=O) groups excluding carboxylic acids is 1. The minimum atomic E-state index is -1.84. The van der Waals surface area contributed by atoms with Gasteiger partial charge < -0.3 is 14.6 Å². The Morgan fingerprint density at radius 1 is 1.00 bits per heavy atom. The Morgan fingerprint density at radius 2 is 1.74 bits per heavy atom. The third-order valence-corrected chi connectivity index (χ3v) is 6.40. The van der Waals surface area contributed by atoms with Gasteiger partial charge in [-0.3, -0.25) is 4.79 Å². The van der Waals surface area contributed by atoms with Gasteiger partial charge in [0.15, 0.2) is 5.78 Å². The Balaban J connectivity index is 1.20. The van der Waals surface area contributed by atoms with E-state index in [1.807, 2.05) is 12.1 Å². The summed E-state index contributed by atoms with van der Waals surface area (Å²) in [6, 6.07) is 17.0. The van der Waals surface area contributed by atoms with Crippen LogP contribution in [0.4, 0.5) is 8.78 Å². The van der Waals surface area contributed by atoms with Crippen molar-refractivity contribution >= 4 is 11.9 Å². The Bertz CT molecular complexity index is 1670. The first-order valence-corrected chi connectivity index (χ1v) is 12.8. The summed E-state index contributed by atoms with van der Waals surface area (Å²) < 4.78 is 41.8. The molecule has 0 aliphatic rings. The van der Waals surface area contributed by atoms with Gasteiger partial charge in [0.25, 0.3) is 0 Å². The van der Waals surface area contributed by atoms with Crippen LogP contribution < -0.4 is 9.47 Å². The fourth-order valence-electron chi connectivity index (χ4n) is 4.28. The van der Waals surface area contributed by atoms with Crippen LogP contribution in [0.3, 0.4) is 0 Å². The number of ether oxygens (including phenoxy) is 2. The lowest BCUT2D eigenvalue weighted by atomic mass is 9.93. The topological polar surface area (TPSA) is 117 Å². The zero-order valence-corrected chi connectivity index (χ0v) is 22.5. The van der Waals surface area contributed by atoms with Gasteiger partial charge in [-0.2, -0.15) is 5.10 Å². The van der Waals surface area contributed by atoms with Crippen LogP contribution in [0.25, 0.3) is 6.08 Å². The first kappa shape index (κ1) is 28.3. The summed E-state index contributed by atoms with van der Waals surface area (Å²) in [6.07, 6.45) is 7.45. The first-order valence-electron chi connectivity index (χ1n) is 12.8. The van der Waals surface area contributed by atoms with E-state index >= 15 is 0 Å². The van der Waals surface area contributed by atoms with E-state index in [1.165, 1.54) is 34.2 Å². The van der Waals surface area contributed by atoms with Crippen molar-refractivity contribution in [1.82, 2.24) is 29.8 Å². The number of nitrogens with zero attached hydrogens (tertiary/aromatic N) is 6. The SMILES string of the molecule is COc1ccc(C(=O)C=Cc2ccc(OCc3cn(CC(O)(Cn4cncn4)c4ccc(F)cc4F)nn3)cc2)cc1. The fraction of sp³-hybridized carbons (Fsp3) is 0.167. The lowest BCUT2D eigenvalue weighted by Gasteiger charge is -2.28. The average molecular weight is 573 g/mol. The molecule has 5 rings (SSSR count). The molecule has 0 radical (unpaired) electrons. The maximum absolute atomic E-state index is 14.7. The predicted octanol–water partition coefficient (Wildman–Crippen LogP) is 4.22. The van der Waals surface area contributed by atoms with Crippen molar-refractivity contribution in [3.05, 3.63) is 126 Å². The minimum Gasteiger partial charge on any atom is -0.497 e. The molecule has 0 saturated carbocycles. The van der Waals surface area contributed by atoms with Gasteiger partial charge >= 0.3 is 0 Å². The fourth-order valence-corrected chi connectivity index (χ4v) is 4.28. The van der Waals surface area contributed by atoms with Crippen LogP contribution in [0.5, 0.6) is 11.5 Å².